The minimum atomic E-state index is -0.277. The van der Waals surface area contributed by atoms with Gasteiger partial charge in [-0.3, -0.25) is 18.8 Å². The van der Waals surface area contributed by atoms with Gasteiger partial charge in [-0.15, -0.1) is 0 Å². The smallest absolute Gasteiger partial charge is 0.264 e. The number of fused-ring (bicyclic) bond motifs is 1. The van der Waals surface area contributed by atoms with E-state index in [1.807, 2.05) is 31.2 Å². The van der Waals surface area contributed by atoms with Gasteiger partial charge in [-0.25, -0.2) is 4.98 Å². The Hall–Kier alpha value is -3.16. The summed E-state index contributed by atoms with van der Waals surface area (Å²) in [5, 5.41) is 7.18. The summed E-state index contributed by atoms with van der Waals surface area (Å²) in [6, 6.07) is 7.82. The van der Waals surface area contributed by atoms with Gasteiger partial charge in [0.25, 0.3) is 5.56 Å². The number of hydrogen-bond acceptors (Lipinski definition) is 5. The van der Waals surface area contributed by atoms with E-state index in [2.05, 4.69) is 15.4 Å². The topological polar surface area (TPSA) is 91.0 Å². The van der Waals surface area contributed by atoms with Crippen LogP contribution in [0.2, 0.25) is 0 Å². The third-order valence-corrected chi connectivity index (χ3v) is 3.93. The van der Waals surface area contributed by atoms with Crippen LogP contribution in [0.5, 0.6) is 5.75 Å². The number of ether oxygens (including phenoxy) is 1. The van der Waals surface area contributed by atoms with Crippen LogP contribution in [-0.4, -0.2) is 38.4 Å². The molecule has 2 aromatic heterocycles. The van der Waals surface area contributed by atoms with Gasteiger partial charge in [0.2, 0.25) is 5.91 Å². The van der Waals surface area contributed by atoms with Gasteiger partial charge >= 0.3 is 0 Å². The van der Waals surface area contributed by atoms with Crippen LogP contribution in [0.3, 0.4) is 0 Å². The van der Waals surface area contributed by atoms with Crippen LogP contribution >= 0.6 is 0 Å². The van der Waals surface area contributed by atoms with Crippen molar-refractivity contribution < 1.29 is 9.53 Å². The van der Waals surface area contributed by atoms with Crippen LogP contribution in [0.1, 0.15) is 12.0 Å². The van der Waals surface area contributed by atoms with E-state index in [9.17, 15) is 9.59 Å². The van der Waals surface area contributed by atoms with E-state index >= 15 is 0 Å². The molecule has 8 nitrogen and oxygen atoms in total. The molecule has 0 aliphatic carbocycles. The minimum Gasteiger partial charge on any atom is -0.494 e. The van der Waals surface area contributed by atoms with Crippen LogP contribution in [0, 0.1) is 6.92 Å². The number of rotatable bonds is 7. The number of nitrogens with one attached hydrogen (secondary N) is 1. The average Bonchev–Trinajstić information content (AvgIpc) is 2.99. The van der Waals surface area contributed by atoms with Gasteiger partial charge in [0.15, 0.2) is 5.65 Å². The summed E-state index contributed by atoms with van der Waals surface area (Å²) in [6.07, 6.45) is 3.50. The fourth-order valence-corrected chi connectivity index (χ4v) is 2.58. The third-order valence-electron chi connectivity index (χ3n) is 3.93. The number of aryl methyl sites for hydroxylation is 2. The molecule has 0 saturated heterocycles. The minimum absolute atomic E-state index is 0.0740. The van der Waals surface area contributed by atoms with Crippen LogP contribution < -0.4 is 15.6 Å². The maximum absolute atomic E-state index is 12.3. The molecule has 0 spiro atoms. The van der Waals surface area contributed by atoms with Crippen molar-refractivity contribution in [2.45, 2.75) is 19.9 Å². The standard InChI is InChI=1S/C18H21N5O3/c1-13-5-3-6-14(9-13)26-8-4-7-19-16(24)11-23-12-20-17-15(18(23)25)10-21-22(17)2/h3,5-6,9-10,12H,4,7-8,11H2,1-2H3,(H,19,24). The number of benzene rings is 1. The van der Waals surface area contributed by atoms with Crippen LogP contribution in [-0.2, 0) is 18.4 Å². The zero-order valence-corrected chi connectivity index (χ0v) is 14.8. The Labute approximate surface area is 150 Å². The predicted octanol–water partition coefficient (Wildman–Crippen LogP) is 1.02. The first-order chi connectivity index (χ1) is 12.5. The summed E-state index contributed by atoms with van der Waals surface area (Å²) in [6.45, 7) is 2.91. The molecule has 136 valence electrons. The Morgan fingerprint density at radius 3 is 3.00 bits per heavy atom. The van der Waals surface area contributed by atoms with Gasteiger partial charge in [0.1, 0.15) is 24.0 Å². The summed E-state index contributed by atoms with van der Waals surface area (Å²) in [7, 11) is 1.71. The van der Waals surface area contributed by atoms with Crippen molar-refractivity contribution in [2.24, 2.45) is 7.05 Å². The van der Waals surface area contributed by atoms with Crippen molar-refractivity contribution in [3.8, 4) is 5.75 Å². The molecule has 0 saturated carbocycles. The first kappa shape index (κ1) is 17.7. The highest BCUT2D eigenvalue weighted by atomic mass is 16.5. The maximum atomic E-state index is 12.3. The molecule has 0 atom stereocenters. The van der Waals surface area contributed by atoms with Crippen LogP contribution in [0.15, 0.2) is 41.6 Å². The summed E-state index contributed by atoms with van der Waals surface area (Å²) >= 11 is 0. The SMILES string of the molecule is Cc1cccc(OCCCNC(=O)Cn2cnc3c(cnn3C)c2=O)c1. The summed E-state index contributed by atoms with van der Waals surface area (Å²) in [4.78, 5) is 28.5. The second kappa shape index (κ2) is 7.81. The van der Waals surface area contributed by atoms with Crippen LogP contribution in [0.25, 0.3) is 11.0 Å². The number of carbonyl (C=O) groups is 1. The predicted molar refractivity (Wildman–Crippen MR) is 97.1 cm³/mol. The second-order valence-corrected chi connectivity index (χ2v) is 6.05. The molecule has 1 aromatic carbocycles. The van der Waals surface area contributed by atoms with E-state index < -0.39 is 0 Å². The Bertz CT molecular complexity index is 976. The molecule has 1 amide bonds. The molecule has 2 heterocycles. The third kappa shape index (κ3) is 4.08. The molecule has 3 rings (SSSR count). The van der Waals surface area contributed by atoms with Gasteiger partial charge in [0, 0.05) is 13.6 Å². The Morgan fingerprint density at radius 2 is 2.19 bits per heavy atom. The first-order valence-electron chi connectivity index (χ1n) is 8.38. The van der Waals surface area contributed by atoms with Crippen LogP contribution in [0.4, 0.5) is 0 Å². The lowest BCUT2D eigenvalue weighted by Gasteiger charge is -2.09. The largest absolute Gasteiger partial charge is 0.494 e. The molecule has 26 heavy (non-hydrogen) atoms. The van der Waals surface area contributed by atoms with E-state index in [4.69, 9.17) is 4.74 Å². The fraction of sp³-hybridized carbons (Fsp3) is 0.333. The number of amides is 1. The molecule has 0 bridgehead atoms. The van der Waals surface area contributed by atoms with Crippen molar-refractivity contribution in [3.63, 3.8) is 0 Å². The zero-order chi connectivity index (χ0) is 18.5. The lowest BCUT2D eigenvalue weighted by molar-refractivity contribution is -0.121. The van der Waals surface area contributed by atoms with Crippen molar-refractivity contribution in [1.29, 1.82) is 0 Å². The highest BCUT2D eigenvalue weighted by molar-refractivity contribution is 5.77. The Kier molecular flexibility index (Phi) is 5.31. The molecule has 1 N–H and O–H groups in total. The highest BCUT2D eigenvalue weighted by Crippen LogP contribution is 2.12. The molecular weight excluding hydrogens is 334 g/mol. The van der Waals surface area contributed by atoms with Crippen molar-refractivity contribution >= 4 is 16.9 Å². The zero-order valence-electron chi connectivity index (χ0n) is 14.8. The van der Waals surface area contributed by atoms with Gasteiger partial charge in [-0.2, -0.15) is 5.10 Å². The van der Waals surface area contributed by atoms with E-state index in [0.717, 1.165) is 11.3 Å². The van der Waals surface area contributed by atoms with Crippen molar-refractivity contribution in [3.05, 3.63) is 52.7 Å². The quantitative estimate of drug-likeness (QED) is 0.639. The maximum Gasteiger partial charge on any atom is 0.264 e. The number of aromatic nitrogens is 4. The molecule has 0 radical (unpaired) electrons. The lowest BCUT2D eigenvalue weighted by atomic mass is 10.2. The number of hydrogen-bond donors (Lipinski definition) is 1. The van der Waals surface area contributed by atoms with Crippen molar-refractivity contribution in [2.75, 3.05) is 13.2 Å². The van der Waals surface area contributed by atoms with Gasteiger partial charge in [-0.05, 0) is 31.0 Å². The second-order valence-electron chi connectivity index (χ2n) is 6.05. The fourth-order valence-electron chi connectivity index (χ4n) is 2.58. The molecular formula is C18H21N5O3. The van der Waals surface area contributed by atoms with Crippen molar-refractivity contribution in [1.82, 2.24) is 24.6 Å². The number of carbonyl (C=O) groups excluding carboxylic acids is 1. The molecule has 0 aliphatic heterocycles. The molecule has 3 aromatic rings. The lowest BCUT2D eigenvalue weighted by Crippen LogP contribution is -2.33. The van der Waals surface area contributed by atoms with E-state index in [1.54, 1.807) is 7.05 Å². The monoisotopic (exact) mass is 355 g/mol. The average molecular weight is 355 g/mol. The Morgan fingerprint density at radius 1 is 1.35 bits per heavy atom. The number of nitrogens with zero attached hydrogens (tertiary/aromatic N) is 4. The molecule has 0 unspecified atom stereocenters. The molecule has 0 fully saturated rings. The van der Waals surface area contributed by atoms with E-state index in [-0.39, 0.29) is 18.0 Å². The normalized spacial score (nSPS) is 10.8. The molecule has 8 heteroatoms. The van der Waals surface area contributed by atoms with Gasteiger partial charge in [0.05, 0.1) is 12.8 Å². The summed E-state index contributed by atoms with van der Waals surface area (Å²) in [5.74, 6) is 0.575. The van der Waals surface area contributed by atoms with E-state index in [1.165, 1.54) is 21.8 Å². The van der Waals surface area contributed by atoms with E-state index in [0.29, 0.717) is 30.6 Å². The van der Waals surface area contributed by atoms with Gasteiger partial charge in [-0.1, -0.05) is 12.1 Å². The first-order valence-corrected chi connectivity index (χ1v) is 8.38. The summed E-state index contributed by atoms with van der Waals surface area (Å²) in [5.41, 5.74) is 1.36. The highest BCUT2D eigenvalue weighted by Gasteiger charge is 2.10. The molecule has 0 aliphatic rings. The van der Waals surface area contributed by atoms with Gasteiger partial charge < -0.3 is 10.1 Å². The summed E-state index contributed by atoms with van der Waals surface area (Å²) < 4.78 is 8.43. The Balaban J connectivity index is 1.46.